The van der Waals surface area contributed by atoms with E-state index < -0.39 is 6.10 Å². The molecule has 14 heavy (non-hydrogen) atoms. The average Bonchev–Trinajstić information content (AvgIpc) is 2.63. The van der Waals surface area contributed by atoms with Crippen LogP contribution in [0, 0.1) is 0 Å². The van der Waals surface area contributed by atoms with Crippen LogP contribution >= 0.6 is 0 Å². The van der Waals surface area contributed by atoms with Crippen LogP contribution in [0.25, 0.3) is 0 Å². The molecule has 3 nitrogen and oxygen atoms in total. The zero-order chi connectivity index (χ0) is 9.80. The molecule has 1 atom stereocenters. The maximum atomic E-state index is 11.0. The molecule has 0 N–H and O–H groups in total. The minimum Gasteiger partial charge on any atom is -0.578 e. The minimum absolute atomic E-state index is 0.221. The molecule has 0 saturated heterocycles. The quantitative estimate of drug-likeness (QED) is 0.673. The number of rotatable bonds is 3. The molecule has 0 aliphatic carbocycles. The Hall–Kier alpha value is -1.64. The van der Waals surface area contributed by atoms with Gasteiger partial charge in [-0.1, -0.05) is 30.3 Å². The fourth-order valence-corrected chi connectivity index (χ4v) is 1.38. The van der Waals surface area contributed by atoms with E-state index in [1.807, 2.05) is 30.3 Å². The summed E-state index contributed by atoms with van der Waals surface area (Å²) in [6.07, 6.45) is 3.31. The monoisotopic (exact) mass is 188 g/mol. The molecular formula is C11H10NO2-. The second kappa shape index (κ2) is 4.05. The van der Waals surface area contributed by atoms with Crippen molar-refractivity contribution in [1.29, 1.82) is 0 Å². The molecule has 3 heteroatoms. The first-order chi connectivity index (χ1) is 6.86. The highest BCUT2D eigenvalue weighted by molar-refractivity contribution is 5.91. The highest BCUT2D eigenvalue weighted by Gasteiger charge is 2.12. The summed E-state index contributed by atoms with van der Waals surface area (Å²) < 4.78 is 4.92. The van der Waals surface area contributed by atoms with Crippen LogP contribution in [-0.4, -0.2) is 18.4 Å². The number of ether oxygens (including phenoxy) is 1. The van der Waals surface area contributed by atoms with Crippen molar-refractivity contribution in [2.45, 2.75) is 18.9 Å². The number of amides is 1. The van der Waals surface area contributed by atoms with E-state index in [4.69, 9.17) is 4.74 Å². The van der Waals surface area contributed by atoms with E-state index in [-0.39, 0.29) is 5.91 Å². The molecule has 2 rings (SSSR count). The lowest BCUT2D eigenvalue weighted by atomic mass is 10.1. The summed E-state index contributed by atoms with van der Waals surface area (Å²) in [7, 11) is 0. The second-order valence-electron chi connectivity index (χ2n) is 3.17. The fourth-order valence-electron chi connectivity index (χ4n) is 1.38. The van der Waals surface area contributed by atoms with Gasteiger partial charge < -0.3 is 14.5 Å². The third kappa shape index (κ3) is 1.99. The lowest BCUT2D eigenvalue weighted by Crippen LogP contribution is -2.16. The summed E-state index contributed by atoms with van der Waals surface area (Å²) in [4.78, 5) is 14.5. The molecule has 0 radical (unpaired) electrons. The molecule has 72 valence electrons. The molecule has 1 aromatic rings. The van der Waals surface area contributed by atoms with Gasteiger partial charge in [0.15, 0.2) is 0 Å². The van der Waals surface area contributed by atoms with Crippen LogP contribution in [0.2, 0.25) is 0 Å². The van der Waals surface area contributed by atoms with Gasteiger partial charge in [0.1, 0.15) is 5.91 Å². The number of benzene rings is 1. The van der Waals surface area contributed by atoms with Gasteiger partial charge in [0.05, 0.1) is 6.10 Å². The van der Waals surface area contributed by atoms with Crippen LogP contribution in [0.1, 0.15) is 12.0 Å². The number of hydrogen-bond acceptors (Lipinski definition) is 2. The van der Waals surface area contributed by atoms with E-state index in [9.17, 15) is 4.79 Å². The summed E-state index contributed by atoms with van der Waals surface area (Å²) in [5.74, 6) is -0.221. The zero-order valence-electron chi connectivity index (χ0n) is 7.64. The van der Waals surface area contributed by atoms with Crippen molar-refractivity contribution in [2.24, 2.45) is 4.99 Å². The van der Waals surface area contributed by atoms with E-state index in [0.29, 0.717) is 6.42 Å². The lowest BCUT2D eigenvalue weighted by Gasteiger charge is -2.13. The van der Waals surface area contributed by atoms with Crippen molar-refractivity contribution < 1.29 is 9.53 Å². The third-order valence-corrected chi connectivity index (χ3v) is 2.16. The zero-order valence-corrected chi connectivity index (χ0v) is 7.64. The summed E-state index contributed by atoms with van der Waals surface area (Å²) >= 11 is 0. The lowest BCUT2D eigenvalue weighted by molar-refractivity contribution is -0.122. The van der Waals surface area contributed by atoms with Crippen LogP contribution in [0.15, 0.2) is 35.3 Å². The number of carbonyl (C=O) groups is 1. The number of aryl methyl sites for hydroxylation is 1. The molecule has 0 aromatic heterocycles. The van der Waals surface area contributed by atoms with Crippen LogP contribution in [0.5, 0.6) is 0 Å². The summed E-state index contributed by atoms with van der Waals surface area (Å²) in [5.41, 5.74) is 1.20. The molecule has 1 aliphatic rings. The standard InChI is InChI=1S/C11H10NO2/c13-11-10(14-8-12-11)7-6-9-4-2-1-3-5-9/h1-5,10H,6-7H2/q-1. The molecule has 1 aromatic carbocycles. The van der Waals surface area contributed by atoms with Crippen molar-refractivity contribution in [3.8, 4) is 0 Å². The van der Waals surface area contributed by atoms with E-state index in [1.165, 1.54) is 5.56 Å². The maximum Gasteiger partial charge on any atom is 0.127 e. The van der Waals surface area contributed by atoms with Gasteiger partial charge >= 0.3 is 0 Å². The van der Waals surface area contributed by atoms with E-state index in [0.717, 1.165) is 6.42 Å². The van der Waals surface area contributed by atoms with Crippen LogP contribution in [0.4, 0.5) is 0 Å². The number of carbonyl (C=O) groups excluding carboxylic acids is 1. The van der Waals surface area contributed by atoms with Crippen molar-refractivity contribution in [2.75, 3.05) is 0 Å². The first-order valence-electron chi connectivity index (χ1n) is 4.55. The van der Waals surface area contributed by atoms with E-state index in [2.05, 4.69) is 11.4 Å². The summed E-state index contributed by atoms with van der Waals surface area (Å²) in [6, 6.07) is 10.00. The van der Waals surface area contributed by atoms with Crippen molar-refractivity contribution in [3.63, 3.8) is 0 Å². The molecular weight excluding hydrogens is 178 g/mol. The Morgan fingerprint density at radius 3 is 2.79 bits per heavy atom. The number of nitrogens with zero attached hydrogens (tertiary/aromatic N) is 1. The molecule has 0 saturated carbocycles. The summed E-state index contributed by atoms with van der Waals surface area (Å²) in [5, 5.41) is 0. The molecule has 0 spiro atoms. The van der Waals surface area contributed by atoms with Gasteiger partial charge in [0.25, 0.3) is 0 Å². The predicted molar refractivity (Wildman–Crippen MR) is 52.1 cm³/mol. The van der Waals surface area contributed by atoms with Crippen molar-refractivity contribution >= 4 is 12.3 Å². The number of hydrogen-bond donors (Lipinski definition) is 0. The largest absolute Gasteiger partial charge is 0.578 e. The highest BCUT2D eigenvalue weighted by atomic mass is 16.5. The SMILES string of the molecule is O=C1N=[C-]OC1CCc1ccccc1. The first-order valence-corrected chi connectivity index (χ1v) is 4.55. The Morgan fingerprint density at radius 1 is 1.36 bits per heavy atom. The average molecular weight is 188 g/mol. The van der Waals surface area contributed by atoms with Gasteiger partial charge in [0.2, 0.25) is 0 Å². The number of aliphatic imine (C=N–C) groups is 1. The normalized spacial score (nSPS) is 19.7. The second-order valence-corrected chi connectivity index (χ2v) is 3.17. The van der Waals surface area contributed by atoms with Crippen LogP contribution in [-0.2, 0) is 16.0 Å². The third-order valence-electron chi connectivity index (χ3n) is 2.16. The maximum absolute atomic E-state index is 11.0. The first kappa shape index (κ1) is 8.94. The fraction of sp³-hybridized carbons (Fsp3) is 0.273. The van der Waals surface area contributed by atoms with Gasteiger partial charge in [-0.2, -0.15) is 0 Å². The van der Waals surface area contributed by atoms with Crippen molar-refractivity contribution in [1.82, 2.24) is 0 Å². The molecule has 1 unspecified atom stereocenters. The molecule has 0 bridgehead atoms. The van der Waals surface area contributed by atoms with Gasteiger partial charge in [-0.05, 0) is 18.4 Å². The topological polar surface area (TPSA) is 38.7 Å². The Kier molecular flexibility index (Phi) is 2.58. The van der Waals surface area contributed by atoms with Gasteiger partial charge in [0, 0.05) is 6.40 Å². The molecule has 0 fully saturated rings. The minimum atomic E-state index is -0.421. The molecule has 1 aliphatic heterocycles. The van der Waals surface area contributed by atoms with E-state index >= 15 is 0 Å². The summed E-state index contributed by atoms with van der Waals surface area (Å²) in [6.45, 7) is 0. The Bertz CT molecular complexity index is 346. The molecule has 1 heterocycles. The van der Waals surface area contributed by atoms with Gasteiger partial charge in [-0.25, -0.2) is 0 Å². The Morgan fingerprint density at radius 2 is 2.14 bits per heavy atom. The van der Waals surface area contributed by atoms with Crippen LogP contribution < -0.4 is 0 Å². The van der Waals surface area contributed by atoms with Crippen molar-refractivity contribution in [3.05, 3.63) is 35.9 Å². The smallest absolute Gasteiger partial charge is 0.127 e. The van der Waals surface area contributed by atoms with Gasteiger partial charge in [-0.3, -0.25) is 0 Å². The molecule has 1 amide bonds. The Balaban J connectivity index is 1.86. The van der Waals surface area contributed by atoms with E-state index in [1.54, 1.807) is 0 Å². The van der Waals surface area contributed by atoms with Gasteiger partial charge in [-0.15, -0.1) is 0 Å². The van der Waals surface area contributed by atoms with Crippen LogP contribution in [0.3, 0.4) is 0 Å². The highest BCUT2D eigenvalue weighted by Crippen LogP contribution is 2.10. The Labute approximate surface area is 82.4 Å². The predicted octanol–water partition coefficient (Wildman–Crippen LogP) is 1.45.